The summed E-state index contributed by atoms with van der Waals surface area (Å²) in [6.07, 6.45) is 0. The van der Waals surface area contributed by atoms with Crippen molar-refractivity contribution >= 4 is 20.9 Å². The van der Waals surface area contributed by atoms with Gasteiger partial charge in [-0.25, -0.2) is 17.9 Å². The highest BCUT2D eigenvalue weighted by Crippen LogP contribution is 2.14. The summed E-state index contributed by atoms with van der Waals surface area (Å²) in [7, 11) is -3.78. The van der Waals surface area contributed by atoms with Gasteiger partial charge >= 0.3 is 5.69 Å². The van der Waals surface area contributed by atoms with Crippen LogP contribution in [-0.4, -0.2) is 18.4 Å². The molecule has 0 spiro atoms. The Bertz CT molecular complexity index is 1110. The molecule has 24 heavy (non-hydrogen) atoms. The molecule has 7 nitrogen and oxygen atoms in total. The molecule has 0 bridgehead atoms. The van der Waals surface area contributed by atoms with Crippen molar-refractivity contribution in [2.45, 2.75) is 18.4 Å². The third-order valence-electron chi connectivity index (χ3n) is 3.61. The number of rotatable bonds is 4. The molecule has 0 radical (unpaired) electrons. The summed E-state index contributed by atoms with van der Waals surface area (Å²) >= 11 is 0. The fourth-order valence-electron chi connectivity index (χ4n) is 2.28. The van der Waals surface area contributed by atoms with Crippen molar-refractivity contribution < 1.29 is 8.42 Å². The van der Waals surface area contributed by atoms with Crippen LogP contribution in [0.25, 0.3) is 10.9 Å². The Morgan fingerprint density at radius 3 is 2.42 bits per heavy atom. The van der Waals surface area contributed by atoms with E-state index in [2.05, 4.69) is 14.7 Å². The number of aryl methyl sites for hydroxylation is 1. The van der Waals surface area contributed by atoms with Gasteiger partial charge in [-0.15, -0.1) is 0 Å². The predicted molar refractivity (Wildman–Crippen MR) is 90.4 cm³/mol. The van der Waals surface area contributed by atoms with Crippen molar-refractivity contribution in [1.82, 2.24) is 14.7 Å². The minimum absolute atomic E-state index is 0.0420. The number of hydrogen-bond donors (Lipinski definition) is 3. The van der Waals surface area contributed by atoms with Crippen LogP contribution in [0.1, 0.15) is 11.1 Å². The molecule has 8 heteroatoms. The first kappa shape index (κ1) is 16.2. The first-order chi connectivity index (χ1) is 11.3. The van der Waals surface area contributed by atoms with Gasteiger partial charge in [0.2, 0.25) is 10.0 Å². The predicted octanol–water partition coefficient (Wildman–Crippen LogP) is 1.00. The van der Waals surface area contributed by atoms with E-state index in [1.807, 2.05) is 31.2 Å². The molecule has 0 fully saturated rings. The zero-order valence-corrected chi connectivity index (χ0v) is 13.6. The summed E-state index contributed by atoms with van der Waals surface area (Å²) in [6, 6.07) is 11.5. The highest BCUT2D eigenvalue weighted by Gasteiger charge is 2.15. The second kappa shape index (κ2) is 6.06. The molecule has 0 saturated heterocycles. The Balaban J connectivity index is 1.91. The van der Waals surface area contributed by atoms with Crippen LogP contribution in [0.2, 0.25) is 0 Å². The molecule has 0 atom stereocenters. The lowest BCUT2D eigenvalue weighted by Gasteiger charge is -2.08. The Morgan fingerprint density at radius 1 is 1.00 bits per heavy atom. The second-order valence-corrected chi connectivity index (χ2v) is 7.19. The van der Waals surface area contributed by atoms with Crippen molar-refractivity contribution in [3.05, 3.63) is 74.4 Å². The highest BCUT2D eigenvalue weighted by molar-refractivity contribution is 7.89. The smallest absolute Gasteiger partial charge is 0.307 e. The van der Waals surface area contributed by atoms with Gasteiger partial charge in [0.05, 0.1) is 15.8 Å². The van der Waals surface area contributed by atoms with Crippen molar-refractivity contribution in [2.24, 2.45) is 0 Å². The standard InChI is InChI=1S/C16H15N3O4S/c1-10-2-4-11(5-3-10)9-17-24(22,23)12-6-7-14-13(8-12)15(20)19-16(21)18-14/h2-8,17H,9H2,1H3,(H2,18,19,20,21). The maximum absolute atomic E-state index is 12.4. The van der Waals surface area contributed by atoms with E-state index in [0.29, 0.717) is 0 Å². The second-order valence-electron chi connectivity index (χ2n) is 5.43. The largest absolute Gasteiger partial charge is 0.326 e. The molecule has 0 amide bonds. The van der Waals surface area contributed by atoms with Crippen LogP contribution in [0, 0.1) is 6.92 Å². The van der Waals surface area contributed by atoms with E-state index in [1.165, 1.54) is 18.2 Å². The maximum atomic E-state index is 12.4. The van der Waals surface area contributed by atoms with E-state index in [4.69, 9.17) is 0 Å². The molecule has 3 N–H and O–H groups in total. The van der Waals surface area contributed by atoms with Gasteiger partial charge in [-0.2, -0.15) is 0 Å². The van der Waals surface area contributed by atoms with E-state index in [9.17, 15) is 18.0 Å². The third kappa shape index (κ3) is 3.29. The minimum atomic E-state index is -3.78. The van der Waals surface area contributed by atoms with Crippen molar-refractivity contribution in [2.75, 3.05) is 0 Å². The van der Waals surface area contributed by atoms with Crippen molar-refractivity contribution in [3.63, 3.8) is 0 Å². The Morgan fingerprint density at radius 2 is 1.71 bits per heavy atom. The van der Waals surface area contributed by atoms with E-state index >= 15 is 0 Å². The number of hydrogen-bond acceptors (Lipinski definition) is 4. The van der Waals surface area contributed by atoms with Gasteiger partial charge in [-0.05, 0) is 30.7 Å². The molecular formula is C16H15N3O4S. The van der Waals surface area contributed by atoms with Crippen LogP contribution in [0.15, 0.2) is 56.9 Å². The summed E-state index contributed by atoms with van der Waals surface area (Å²) < 4.78 is 27.3. The number of benzene rings is 2. The van der Waals surface area contributed by atoms with E-state index in [1.54, 1.807) is 0 Å². The van der Waals surface area contributed by atoms with Crippen LogP contribution >= 0.6 is 0 Å². The lowest BCUT2D eigenvalue weighted by molar-refractivity contribution is 0.581. The molecule has 3 aromatic rings. The molecule has 1 aromatic heterocycles. The summed E-state index contributed by atoms with van der Waals surface area (Å²) in [5, 5.41) is 0.104. The van der Waals surface area contributed by atoms with E-state index in [0.717, 1.165) is 11.1 Å². The lowest BCUT2D eigenvalue weighted by Crippen LogP contribution is -2.25. The lowest BCUT2D eigenvalue weighted by atomic mass is 10.2. The molecule has 1 heterocycles. The topological polar surface area (TPSA) is 112 Å². The van der Waals surface area contributed by atoms with Gasteiger partial charge in [-0.3, -0.25) is 9.78 Å². The first-order valence-electron chi connectivity index (χ1n) is 7.17. The van der Waals surface area contributed by atoms with E-state index < -0.39 is 21.3 Å². The van der Waals surface area contributed by atoms with Gasteiger partial charge < -0.3 is 4.98 Å². The molecule has 0 aliphatic carbocycles. The molecular weight excluding hydrogens is 330 g/mol. The summed E-state index contributed by atoms with van der Waals surface area (Å²) in [6.45, 7) is 2.09. The fraction of sp³-hybridized carbons (Fsp3) is 0.125. The molecule has 124 valence electrons. The number of nitrogens with one attached hydrogen (secondary N) is 3. The third-order valence-corrected chi connectivity index (χ3v) is 5.01. The summed E-state index contributed by atoms with van der Waals surface area (Å²) in [5.41, 5.74) is 0.919. The van der Waals surface area contributed by atoms with Gasteiger partial charge in [0.25, 0.3) is 5.56 Å². The highest BCUT2D eigenvalue weighted by atomic mass is 32.2. The van der Waals surface area contributed by atoms with Crippen LogP contribution in [0.4, 0.5) is 0 Å². The van der Waals surface area contributed by atoms with Gasteiger partial charge in [0.1, 0.15) is 0 Å². The molecule has 0 saturated carbocycles. The van der Waals surface area contributed by atoms with Crippen LogP contribution in [-0.2, 0) is 16.6 Å². The van der Waals surface area contributed by atoms with Gasteiger partial charge in [0.15, 0.2) is 0 Å². The zero-order valence-electron chi connectivity index (χ0n) is 12.8. The molecule has 0 aliphatic heterocycles. The Kier molecular flexibility index (Phi) is 4.08. The van der Waals surface area contributed by atoms with Crippen molar-refractivity contribution in [3.8, 4) is 0 Å². The molecule has 0 aliphatic rings. The number of aromatic nitrogens is 2. The summed E-state index contributed by atoms with van der Waals surface area (Å²) in [4.78, 5) is 27.5. The average Bonchev–Trinajstić information content (AvgIpc) is 2.54. The summed E-state index contributed by atoms with van der Waals surface area (Å²) in [5.74, 6) is 0. The number of sulfonamides is 1. The Hall–Kier alpha value is -2.71. The minimum Gasteiger partial charge on any atom is -0.307 e. The Labute approximate surface area is 137 Å². The van der Waals surface area contributed by atoms with Gasteiger partial charge in [0, 0.05) is 6.54 Å². The fourth-order valence-corrected chi connectivity index (χ4v) is 3.32. The number of H-pyrrole nitrogens is 2. The van der Waals surface area contributed by atoms with Gasteiger partial charge in [-0.1, -0.05) is 29.8 Å². The first-order valence-corrected chi connectivity index (χ1v) is 8.65. The van der Waals surface area contributed by atoms with E-state index in [-0.39, 0.29) is 22.3 Å². The maximum Gasteiger partial charge on any atom is 0.326 e. The van der Waals surface area contributed by atoms with Crippen LogP contribution < -0.4 is 16.0 Å². The zero-order chi connectivity index (χ0) is 17.3. The number of fused-ring (bicyclic) bond motifs is 1. The molecule has 0 unspecified atom stereocenters. The molecule has 2 aromatic carbocycles. The van der Waals surface area contributed by atoms with Crippen LogP contribution in [0.3, 0.4) is 0 Å². The normalized spacial score (nSPS) is 11.7. The van der Waals surface area contributed by atoms with Crippen molar-refractivity contribution in [1.29, 1.82) is 0 Å². The SMILES string of the molecule is Cc1ccc(CNS(=O)(=O)c2ccc3[nH]c(=O)[nH]c(=O)c3c2)cc1. The molecule has 3 rings (SSSR count). The van der Waals surface area contributed by atoms with Crippen LogP contribution in [0.5, 0.6) is 0 Å². The average molecular weight is 345 g/mol. The monoisotopic (exact) mass is 345 g/mol. The quantitative estimate of drug-likeness (QED) is 0.655. The number of aromatic amines is 2.